The van der Waals surface area contributed by atoms with Crippen LogP contribution in [0.5, 0.6) is 11.5 Å². The van der Waals surface area contributed by atoms with Crippen molar-refractivity contribution >= 4 is 11.6 Å². The minimum Gasteiger partial charge on any atom is -0.497 e. The Morgan fingerprint density at radius 3 is 0.703 bits per heavy atom. The van der Waals surface area contributed by atoms with E-state index in [4.69, 9.17) is 21.1 Å². The van der Waals surface area contributed by atoms with Gasteiger partial charge in [0.2, 0.25) is 0 Å². The van der Waals surface area contributed by atoms with Crippen molar-refractivity contribution in [3.05, 3.63) is 378 Å². The van der Waals surface area contributed by atoms with E-state index in [1.165, 1.54) is 102 Å². The lowest BCUT2D eigenvalue weighted by atomic mass is 10.1. The molecule has 0 radical (unpaired) electrons. The largest absolute Gasteiger partial charge is 0.497 e. The molecule has 0 aromatic heterocycles. The molecule has 480 valence electrons. The first-order valence-corrected chi connectivity index (χ1v) is 30.8. The van der Waals surface area contributed by atoms with E-state index in [0.29, 0.717) is 5.56 Å². The van der Waals surface area contributed by atoms with Crippen LogP contribution in [0.25, 0.3) is 0 Å². The molecule has 0 N–H and O–H groups in total. The maximum absolute atomic E-state index is 12.2. The third-order valence-electron chi connectivity index (χ3n) is 13.1. The van der Waals surface area contributed by atoms with Crippen LogP contribution in [-0.4, -0.2) is 14.2 Å². The molecule has 2 nitrogen and oxygen atoms in total. The molecule has 0 fully saturated rings. The maximum Gasteiger partial charge on any atom is 0.126 e. The average molecular weight is 1250 g/mol. The van der Waals surface area contributed by atoms with Crippen molar-refractivity contribution in [3.63, 3.8) is 0 Å². The van der Waals surface area contributed by atoms with E-state index >= 15 is 0 Å². The number of halogens is 4. The Kier molecular flexibility index (Phi) is 41.5. The monoisotopic (exact) mass is 1240 g/mol. The summed E-state index contributed by atoms with van der Waals surface area (Å²) in [4.78, 5) is 0. The summed E-state index contributed by atoms with van der Waals surface area (Å²) in [5.74, 6) is 0.670. The fraction of sp³-hybridized carbons (Fsp3) is 0.224. The number of methoxy groups -OCH3 is 2. The smallest absolute Gasteiger partial charge is 0.126 e. The molecule has 0 spiro atoms. The molecule has 0 aliphatic carbocycles. The Morgan fingerprint density at radius 2 is 0.495 bits per heavy atom. The zero-order chi connectivity index (χ0) is 68.1. The van der Waals surface area contributed by atoms with E-state index in [1.807, 2.05) is 99.6 Å². The summed E-state index contributed by atoms with van der Waals surface area (Å²) in [7, 11) is 3.35. The van der Waals surface area contributed by atoms with Crippen LogP contribution in [0.1, 0.15) is 94.6 Å². The zero-order valence-corrected chi connectivity index (χ0v) is 58.4. The van der Waals surface area contributed by atoms with Crippen molar-refractivity contribution in [1.82, 2.24) is 0 Å². The summed E-state index contributed by atoms with van der Waals surface area (Å²) in [5, 5.41) is 0.840. The van der Waals surface area contributed by atoms with Crippen LogP contribution >= 0.6 is 11.6 Å². The number of benzene rings is 11. The van der Waals surface area contributed by atoms with Crippen LogP contribution in [-0.2, 0) is 0 Å². The van der Waals surface area contributed by atoms with Gasteiger partial charge in [0.25, 0.3) is 0 Å². The van der Waals surface area contributed by atoms with E-state index in [-0.39, 0.29) is 5.82 Å². The average Bonchev–Trinajstić information content (AvgIpc) is 3.69. The minimum absolute atomic E-state index is 0.162. The summed E-state index contributed by atoms with van der Waals surface area (Å²) in [6.45, 7) is 34.8. The predicted octanol–water partition coefficient (Wildman–Crippen LogP) is 24.9. The summed E-state index contributed by atoms with van der Waals surface area (Å²) in [6.07, 6.45) is 0. The first-order valence-electron chi connectivity index (χ1n) is 30.4. The lowest BCUT2D eigenvalue weighted by Gasteiger charge is -2.00. The second kappa shape index (κ2) is 47.1. The zero-order valence-electron chi connectivity index (χ0n) is 57.7. The normalized spacial score (nSPS) is 9.26. The number of aryl methyl sites for hydroxylation is 17. The highest BCUT2D eigenvalue weighted by Crippen LogP contribution is 2.15. The summed E-state index contributed by atoms with van der Waals surface area (Å²) >= 11 is 5.71. The Balaban J connectivity index is 0.000000501. The van der Waals surface area contributed by atoms with Gasteiger partial charge in [0.05, 0.1) is 14.2 Å². The number of hydrogen-bond donors (Lipinski definition) is 0. The quantitative estimate of drug-likeness (QED) is 0.172. The first kappa shape index (κ1) is 80.1. The molecule has 6 heteroatoms. The molecule has 0 bridgehead atoms. The van der Waals surface area contributed by atoms with Crippen LogP contribution in [0.3, 0.4) is 0 Å². The van der Waals surface area contributed by atoms with Crippen LogP contribution in [0.15, 0.2) is 261 Å². The van der Waals surface area contributed by atoms with Crippen molar-refractivity contribution in [2.75, 3.05) is 14.2 Å². The van der Waals surface area contributed by atoms with Gasteiger partial charge in [-0.25, -0.2) is 13.2 Å². The van der Waals surface area contributed by atoms with Crippen molar-refractivity contribution in [2.24, 2.45) is 0 Å². The van der Waals surface area contributed by atoms with Gasteiger partial charge in [-0.3, -0.25) is 0 Å². The Hall–Kier alpha value is -8.90. The molecule has 0 aliphatic heterocycles. The maximum atomic E-state index is 12.2. The highest BCUT2D eigenvalue weighted by atomic mass is 35.5. The highest BCUT2D eigenvalue weighted by molar-refractivity contribution is 6.31. The van der Waals surface area contributed by atoms with E-state index < -0.39 is 11.6 Å². The first-order chi connectivity index (χ1) is 43.2. The Morgan fingerprint density at radius 1 is 0.220 bits per heavy atom. The van der Waals surface area contributed by atoms with Gasteiger partial charge >= 0.3 is 0 Å². The van der Waals surface area contributed by atoms with Crippen LogP contribution in [0.2, 0.25) is 5.02 Å². The van der Waals surface area contributed by atoms with Gasteiger partial charge < -0.3 is 9.47 Å². The number of rotatable bonds is 2. The number of para-hydroxylation sites is 1. The molecule has 11 rings (SSSR count). The Bertz CT molecular complexity index is 3180. The minimum atomic E-state index is -0.521. The van der Waals surface area contributed by atoms with E-state index in [0.717, 1.165) is 33.7 Å². The second-order valence-corrected chi connectivity index (χ2v) is 22.8. The second-order valence-electron chi connectivity index (χ2n) is 22.3. The molecule has 0 saturated carbocycles. The lowest BCUT2D eigenvalue weighted by molar-refractivity contribution is 0.411. The molecule has 0 aliphatic rings. The topological polar surface area (TPSA) is 18.5 Å². The molecular formula is C85H100ClF3O2. The molecule has 0 heterocycles. The SMILES string of the molecule is COc1ccc(C)cc1.COc1ccccc1C.Cc1cc(F)cc(F)c1.Cc1ccc(C)cc1.Cc1ccc(C)cc1.Cc1ccc(C)cc1.Cc1ccc(C)cc1.Cc1cccc(C)c1.Cc1cccc(F)c1.Cc1ccccc1C.Cc1ccccc1Cl. The van der Waals surface area contributed by atoms with Gasteiger partial charge in [-0.15, -0.1) is 0 Å². The predicted molar refractivity (Wildman–Crippen MR) is 389 cm³/mol. The lowest BCUT2D eigenvalue weighted by Crippen LogP contribution is -1.84. The van der Waals surface area contributed by atoms with Crippen LogP contribution in [0, 0.1) is 135 Å². The van der Waals surface area contributed by atoms with Crippen molar-refractivity contribution in [2.45, 2.75) is 118 Å². The number of ether oxygens (including phenoxy) is 2. The van der Waals surface area contributed by atoms with Crippen LogP contribution in [0.4, 0.5) is 13.2 Å². The molecule has 91 heavy (non-hydrogen) atoms. The number of hydrogen-bond acceptors (Lipinski definition) is 2. The molecule has 0 saturated heterocycles. The van der Waals surface area contributed by atoms with Gasteiger partial charge in [0.1, 0.15) is 29.0 Å². The summed E-state index contributed by atoms with van der Waals surface area (Å²) < 4.78 is 46.6. The van der Waals surface area contributed by atoms with E-state index in [2.05, 4.69) is 236 Å². The molecule has 0 amide bonds. The fourth-order valence-corrected chi connectivity index (χ4v) is 7.46. The Labute approximate surface area is 552 Å². The van der Waals surface area contributed by atoms with Gasteiger partial charge in [-0.2, -0.15) is 0 Å². The van der Waals surface area contributed by atoms with Crippen molar-refractivity contribution in [1.29, 1.82) is 0 Å². The van der Waals surface area contributed by atoms with Crippen molar-refractivity contribution in [3.8, 4) is 11.5 Å². The van der Waals surface area contributed by atoms with Gasteiger partial charge in [-0.05, 0) is 200 Å². The van der Waals surface area contributed by atoms with E-state index in [9.17, 15) is 13.2 Å². The van der Waals surface area contributed by atoms with Crippen LogP contribution < -0.4 is 9.47 Å². The van der Waals surface area contributed by atoms with E-state index in [1.54, 1.807) is 27.2 Å². The molecular weight excluding hydrogens is 1150 g/mol. The molecule has 11 aromatic rings. The fourth-order valence-electron chi connectivity index (χ4n) is 7.33. The van der Waals surface area contributed by atoms with Gasteiger partial charge in [0, 0.05) is 11.1 Å². The third-order valence-corrected chi connectivity index (χ3v) is 13.5. The standard InChI is InChI=1S/2C8H10O.6C8H10.C7H7Cl.C7H6F2.C7H7F/c1-7-3-5-8(9-2)6-4-7;1-7-5-3-4-6-8(7)9-2;4*1-7-3-5-8(2)6-4-7;1-7-4-3-5-8(2)6-7;1-7-5-3-4-6-8(7)2;1-6-4-2-3-5-7(6)8;1-5-2-6(8)4-7(9)3-5;1-6-3-2-4-7(8)5-6/h2*3-6H,1-2H3;6*3-6H,1-2H3;2-5H,1H3;2-4H,1H3;2-5H,1H3. The summed E-state index contributed by atoms with van der Waals surface area (Å²) in [5.41, 5.74) is 21.2. The highest BCUT2D eigenvalue weighted by Gasteiger charge is 1.95. The van der Waals surface area contributed by atoms with Gasteiger partial charge in [0.15, 0.2) is 0 Å². The third kappa shape index (κ3) is 41.9. The van der Waals surface area contributed by atoms with Crippen molar-refractivity contribution < 1.29 is 22.6 Å². The molecule has 11 aromatic carbocycles. The molecule has 0 atom stereocenters. The molecule has 0 unspecified atom stereocenters. The van der Waals surface area contributed by atoms with Gasteiger partial charge in [-0.1, -0.05) is 279 Å². The summed E-state index contributed by atoms with van der Waals surface area (Å²) in [6, 6.07) is 84.3.